The smallest absolute Gasteiger partial charge is 0.254 e. The molecular weight excluding hydrogens is 166 g/mol. The number of likely N-dealkylation sites (N-methyl/N-ethyl adjacent to an activating group) is 1. The van der Waals surface area contributed by atoms with Crippen molar-refractivity contribution >= 4 is 5.91 Å². The molecule has 3 N–H and O–H groups in total. The standard InChI is InChI=1S/C9H21N3O/c1-5-9(4,8(13)11-10)12(6-2)7-3/h5-7,10H2,1-4H3,(H,11,13). The third-order valence-electron chi connectivity index (χ3n) is 2.77. The minimum absolute atomic E-state index is 0.112. The molecule has 1 amide bonds. The maximum Gasteiger partial charge on any atom is 0.254 e. The largest absolute Gasteiger partial charge is 0.293 e. The van der Waals surface area contributed by atoms with Gasteiger partial charge in [0.05, 0.1) is 5.54 Å². The van der Waals surface area contributed by atoms with E-state index >= 15 is 0 Å². The number of carbonyl (C=O) groups excluding carboxylic acids is 1. The van der Waals surface area contributed by atoms with Crippen molar-refractivity contribution in [3.63, 3.8) is 0 Å². The van der Waals surface area contributed by atoms with Gasteiger partial charge in [0.2, 0.25) is 0 Å². The van der Waals surface area contributed by atoms with Crippen LogP contribution in [0.5, 0.6) is 0 Å². The van der Waals surface area contributed by atoms with Gasteiger partial charge in [-0.2, -0.15) is 0 Å². The van der Waals surface area contributed by atoms with Crippen molar-refractivity contribution in [2.45, 2.75) is 39.7 Å². The van der Waals surface area contributed by atoms with Crippen LogP contribution in [0.3, 0.4) is 0 Å². The zero-order valence-corrected chi connectivity index (χ0v) is 9.05. The van der Waals surface area contributed by atoms with Crippen LogP contribution in [-0.4, -0.2) is 29.4 Å². The van der Waals surface area contributed by atoms with Crippen LogP contribution < -0.4 is 11.3 Å². The molecule has 4 heteroatoms. The fraction of sp³-hybridized carbons (Fsp3) is 0.889. The Morgan fingerprint density at radius 2 is 1.85 bits per heavy atom. The van der Waals surface area contributed by atoms with Crippen LogP contribution in [0.25, 0.3) is 0 Å². The van der Waals surface area contributed by atoms with Gasteiger partial charge in [-0.25, -0.2) is 5.84 Å². The topological polar surface area (TPSA) is 58.4 Å². The molecule has 0 radical (unpaired) electrons. The van der Waals surface area contributed by atoms with Crippen molar-refractivity contribution in [1.29, 1.82) is 0 Å². The summed E-state index contributed by atoms with van der Waals surface area (Å²) in [6.07, 6.45) is 0.762. The van der Waals surface area contributed by atoms with E-state index in [1.165, 1.54) is 0 Å². The average molecular weight is 187 g/mol. The van der Waals surface area contributed by atoms with Gasteiger partial charge in [-0.15, -0.1) is 0 Å². The SMILES string of the molecule is CCN(CC)C(C)(CC)C(=O)NN. The predicted molar refractivity (Wildman–Crippen MR) is 53.9 cm³/mol. The summed E-state index contributed by atoms with van der Waals surface area (Å²) >= 11 is 0. The van der Waals surface area contributed by atoms with Crippen LogP contribution >= 0.6 is 0 Å². The summed E-state index contributed by atoms with van der Waals surface area (Å²) in [6, 6.07) is 0. The number of hydrazine groups is 1. The average Bonchev–Trinajstić information content (AvgIpc) is 2.17. The Kier molecular flexibility index (Phi) is 4.95. The number of nitrogens with zero attached hydrogens (tertiary/aromatic N) is 1. The van der Waals surface area contributed by atoms with E-state index in [2.05, 4.69) is 10.3 Å². The second-order valence-electron chi connectivity index (χ2n) is 3.27. The van der Waals surface area contributed by atoms with E-state index in [9.17, 15) is 4.79 Å². The molecule has 0 saturated heterocycles. The Hall–Kier alpha value is -0.610. The lowest BCUT2D eigenvalue weighted by molar-refractivity contribution is -0.132. The first-order valence-corrected chi connectivity index (χ1v) is 4.82. The van der Waals surface area contributed by atoms with Crippen LogP contribution in [-0.2, 0) is 4.79 Å². The van der Waals surface area contributed by atoms with Crippen molar-refractivity contribution in [1.82, 2.24) is 10.3 Å². The summed E-state index contributed by atoms with van der Waals surface area (Å²) in [7, 11) is 0. The number of nitrogens with two attached hydrogens (primary N) is 1. The van der Waals surface area contributed by atoms with Crippen LogP contribution in [0.2, 0.25) is 0 Å². The third kappa shape index (κ3) is 2.42. The molecule has 0 fully saturated rings. The van der Waals surface area contributed by atoms with Gasteiger partial charge in [0, 0.05) is 0 Å². The highest BCUT2D eigenvalue weighted by atomic mass is 16.2. The summed E-state index contributed by atoms with van der Waals surface area (Å²) in [5.74, 6) is 5.04. The number of hydrogen-bond acceptors (Lipinski definition) is 3. The van der Waals surface area contributed by atoms with E-state index < -0.39 is 5.54 Å². The fourth-order valence-electron chi connectivity index (χ4n) is 1.60. The van der Waals surface area contributed by atoms with Gasteiger partial charge in [0.25, 0.3) is 5.91 Å². The molecule has 1 atom stereocenters. The Morgan fingerprint density at radius 3 is 2.08 bits per heavy atom. The lowest BCUT2D eigenvalue weighted by Gasteiger charge is -2.37. The fourth-order valence-corrected chi connectivity index (χ4v) is 1.60. The second kappa shape index (κ2) is 5.19. The van der Waals surface area contributed by atoms with Gasteiger partial charge in [-0.3, -0.25) is 15.1 Å². The molecule has 1 unspecified atom stereocenters. The van der Waals surface area contributed by atoms with Crippen LogP contribution in [0.4, 0.5) is 0 Å². The van der Waals surface area contributed by atoms with Crippen LogP contribution in [0.1, 0.15) is 34.1 Å². The van der Waals surface area contributed by atoms with E-state index in [1.54, 1.807) is 0 Å². The Bertz CT molecular complexity index is 168. The Balaban J connectivity index is 4.68. The highest BCUT2D eigenvalue weighted by Crippen LogP contribution is 2.18. The van der Waals surface area contributed by atoms with E-state index in [0.717, 1.165) is 19.5 Å². The zero-order chi connectivity index (χ0) is 10.5. The first-order valence-electron chi connectivity index (χ1n) is 4.82. The normalized spacial score (nSPS) is 15.5. The van der Waals surface area contributed by atoms with Crippen LogP contribution in [0, 0.1) is 0 Å². The number of carbonyl (C=O) groups is 1. The second-order valence-corrected chi connectivity index (χ2v) is 3.27. The van der Waals surface area contributed by atoms with E-state index in [-0.39, 0.29) is 5.91 Å². The Labute approximate surface area is 80.4 Å². The predicted octanol–water partition coefficient (Wildman–Crippen LogP) is 0.487. The van der Waals surface area contributed by atoms with Gasteiger partial charge < -0.3 is 0 Å². The number of amides is 1. The maximum absolute atomic E-state index is 11.5. The van der Waals surface area contributed by atoms with Crippen LogP contribution in [0.15, 0.2) is 0 Å². The van der Waals surface area contributed by atoms with Gasteiger partial charge in [-0.1, -0.05) is 20.8 Å². The van der Waals surface area contributed by atoms with E-state index in [4.69, 9.17) is 5.84 Å². The molecule has 0 heterocycles. The molecule has 0 aliphatic rings. The van der Waals surface area contributed by atoms with Crippen molar-refractivity contribution in [2.75, 3.05) is 13.1 Å². The molecule has 0 aliphatic carbocycles. The maximum atomic E-state index is 11.5. The number of nitrogens with one attached hydrogen (secondary N) is 1. The minimum atomic E-state index is -0.474. The monoisotopic (exact) mass is 187 g/mol. The summed E-state index contributed by atoms with van der Waals surface area (Å²) in [5, 5.41) is 0. The van der Waals surface area contributed by atoms with E-state index in [1.807, 2.05) is 27.7 Å². The Morgan fingerprint density at radius 1 is 1.38 bits per heavy atom. The minimum Gasteiger partial charge on any atom is -0.293 e. The van der Waals surface area contributed by atoms with Crippen molar-refractivity contribution in [3.05, 3.63) is 0 Å². The van der Waals surface area contributed by atoms with Gasteiger partial charge >= 0.3 is 0 Å². The molecule has 0 spiro atoms. The summed E-state index contributed by atoms with van der Waals surface area (Å²) < 4.78 is 0. The number of hydrogen-bond donors (Lipinski definition) is 2. The molecule has 78 valence electrons. The first kappa shape index (κ1) is 12.4. The lowest BCUT2D eigenvalue weighted by atomic mass is 9.95. The summed E-state index contributed by atoms with van der Waals surface area (Å²) in [6.45, 7) is 9.71. The van der Waals surface area contributed by atoms with Crippen molar-refractivity contribution < 1.29 is 4.79 Å². The van der Waals surface area contributed by atoms with Gasteiger partial charge in [0.1, 0.15) is 0 Å². The third-order valence-corrected chi connectivity index (χ3v) is 2.77. The van der Waals surface area contributed by atoms with Gasteiger partial charge in [-0.05, 0) is 26.4 Å². The van der Waals surface area contributed by atoms with Crippen molar-refractivity contribution in [3.8, 4) is 0 Å². The molecule has 0 saturated carbocycles. The molecule has 4 nitrogen and oxygen atoms in total. The molecule has 0 rings (SSSR count). The van der Waals surface area contributed by atoms with E-state index in [0.29, 0.717) is 0 Å². The lowest BCUT2D eigenvalue weighted by Crippen LogP contribution is -2.57. The zero-order valence-electron chi connectivity index (χ0n) is 9.05. The number of rotatable bonds is 5. The summed E-state index contributed by atoms with van der Waals surface area (Å²) in [4.78, 5) is 13.7. The molecule has 0 aromatic heterocycles. The molecule has 13 heavy (non-hydrogen) atoms. The highest BCUT2D eigenvalue weighted by Gasteiger charge is 2.35. The van der Waals surface area contributed by atoms with Crippen molar-refractivity contribution in [2.24, 2.45) is 5.84 Å². The molecular formula is C9H21N3O. The molecule has 0 aromatic rings. The summed E-state index contributed by atoms with van der Waals surface area (Å²) in [5.41, 5.74) is 1.75. The molecule has 0 bridgehead atoms. The molecule has 0 aromatic carbocycles. The van der Waals surface area contributed by atoms with Gasteiger partial charge in [0.15, 0.2) is 0 Å². The highest BCUT2D eigenvalue weighted by molar-refractivity contribution is 5.85. The molecule has 0 aliphatic heterocycles. The quantitative estimate of drug-likeness (QED) is 0.374. The first-order chi connectivity index (χ1) is 6.06.